The Morgan fingerprint density at radius 3 is 2.19 bits per heavy atom. The molecule has 0 radical (unpaired) electrons. The highest BCUT2D eigenvalue weighted by atomic mass is 19.4. The minimum absolute atomic E-state index is 0.133. The Morgan fingerprint density at radius 1 is 0.963 bits per heavy atom. The molecule has 1 N–H and O–H groups in total. The van der Waals surface area contributed by atoms with Crippen molar-refractivity contribution in [1.82, 2.24) is 9.88 Å². The molecule has 142 valence electrons. The molecule has 1 aromatic heterocycles. The van der Waals surface area contributed by atoms with Gasteiger partial charge >= 0.3 is 18.0 Å². The maximum Gasteiger partial charge on any atom is 0.416 e. The summed E-state index contributed by atoms with van der Waals surface area (Å²) in [5.74, 6) is -0.782. The molecule has 3 rings (SSSR count). The van der Waals surface area contributed by atoms with Gasteiger partial charge in [-0.15, -0.1) is 0 Å². The predicted molar refractivity (Wildman–Crippen MR) is 93.1 cm³/mol. The van der Waals surface area contributed by atoms with E-state index >= 15 is 0 Å². The van der Waals surface area contributed by atoms with Gasteiger partial charge in [-0.25, -0.2) is 4.98 Å². The molecule has 0 bridgehead atoms. The van der Waals surface area contributed by atoms with Crippen LogP contribution in [0.2, 0.25) is 0 Å². The Kier molecular flexibility index (Phi) is 5.29. The van der Waals surface area contributed by atoms with E-state index < -0.39 is 23.6 Å². The molecule has 2 heterocycles. The van der Waals surface area contributed by atoms with Crippen molar-refractivity contribution in [3.05, 3.63) is 54.2 Å². The highest BCUT2D eigenvalue weighted by Crippen LogP contribution is 2.29. The van der Waals surface area contributed by atoms with Crippen LogP contribution in [0.4, 0.5) is 24.7 Å². The number of rotatable bonds is 2. The van der Waals surface area contributed by atoms with Gasteiger partial charge in [0.05, 0.1) is 5.56 Å². The Labute approximate surface area is 153 Å². The van der Waals surface area contributed by atoms with Crippen molar-refractivity contribution < 1.29 is 22.8 Å². The van der Waals surface area contributed by atoms with Crippen LogP contribution in [0.3, 0.4) is 0 Å². The first-order chi connectivity index (χ1) is 12.8. The fourth-order valence-electron chi connectivity index (χ4n) is 2.75. The summed E-state index contributed by atoms with van der Waals surface area (Å²) in [6.07, 6.45) is -2.77. The summed E-state index contributed by atoms with van der Waals surface area (Å²) in [6, 6.07) is 9.50. The number of nitrogens with one attached hydrogen (secondary N) is 1. The van der Waals surface area contributed by atoms with Gasteiger partial charge in [0.15, 0.2) is 0 Å². The fourth-order valence-corrected chi connectivity index (χ4v) is 2.75. The molecular weight excluding hydrogens is 361 g/mol. The second kappa shape index (κ2) is 7.65. The number of hydrogen-bond donors (Lipinski definition) is 1. The van der Waals surface area contributed by atoms with Gasteiger partial charge in [-0.2, -0.15) is 13.2 Å². The van der Waals surface area contributed by atoms with E-state index in [1.54, 1.807) is 6.20 Å². The highest BCUT2D eigenvalue weighted by Gasteiger charge is 2.30. The van der Waals surface area contributed by atoms with E-state index in [2.05, 4.69) is 10.3 Å². The number of nitrogens with zero attached hydrogens (tertiary/aromatic N) is 3. The summed E-state index contributed by atoms with van der Waals surface area (Å²) in [6.45, 7) is 1.79. The third-order valence-electron chi connectivity index (χ3n) is 4.20. The third-order valence-corrected chi connectivity index (χ3v) is 4.20. The molecule has 6 nitrogen and oxygen atoms in total. The monoisotopic (exact) mass is 378 g/mol. The van der Waals surface area contributed by atoms with Crippen LogP contribution in [0, 0.1) is 0 Å². The Bertz CT molecular complexity index is 802. The van der Waals surface area contributed by atoms with Crippen molar-refractivity contribution in [2.24, 2.45) is 0 Å². The summed E-state index contributed by atoms with van der Waals surface area (Å²) >= 11 is 0. The van der Waals surface area contributed by atoms with Gasteiger partial charge in [0, 0.05) is 38.1 Å². The lowest BCUT2D eigenvalue weighted by Crippen LogP contribution is -2.51. The molecule has 1 aliphatic rings. The van der Waals surface area contributed by atoms with Crippen LogP contribution < -0.4 is 10.2 Å². The molecule has 0 saturated carbocycles. The number of anilines is 2. The molecule has 2 aromatic rings. The number of amides is 2. The maximum absolute atomic E-state index is 12.6. The molecule has 9 heteroatoms. The Morgan fingerprint density at radius 2 is 1.63 bits per heavy atom. The van der Waals surface area contributed by atoms with E-state index in [-0.39, 0.29) is 5.69 Å². The topological polar surface area (TPSA) is 65.5 Å². The van der Waals surface area contributed by atoms with Crippen molar-refractivity contribution in [1.29, 1.82) is 0 Å². The van der Waals surface area contributed by atoms with Gasteiger partial charge in [-0.3, -0.25) is 9.59 Å². The number of alkyl halides is 3. The molecule has 1 aromatic carbocycles. The zero-order chi connectivity index (χ0) is 19.4. The van der Waals surface area contributed by atoms with Gasteiger partial charge in [-0.1, -0.05) is 6.07 Å². The van der Waals surface area contributed by atoms with Crippen molar-refractivity contribution in [3.8, 4) is 0 Å². The number of carbonyl (C=O) groups is 2. The molecule has 0 spiro atoms. The SMILES string of the molecule is O=C(Nc1ccc(C(F)(F)F)cc1)C(=O)N1CCN(c2ccccn2)CC1. The normalized spacial score (nSPS) is 14.8. The van der Waals surface area contributed by atoms with E-state index in [9.17, 15) is 22.8 Å². The molecule has 0 aliphatic carbocycles. The van der Waals surface area contributed by atoms with E-state index in [1.165, 1.54) is 4.90 Å². The van der Waals surface area contributed by atoms with E-state index in [0.29, 0.717) is 26.2 Å². The van der Waals surface area contributed by atoms with Crippen LogP contribution in [0.5, 0.6) is 0 Å². The van der Waals surface area contributed by atoms with E-state index in [0.717, 1.165) is 30.1 Å². The molecule has 1 saturated heterocycles. The second-order valence-corrected chi connectivity index (χ2v) is 6.00. The largest absolute Gasteiger partial charge is 0.416 e. The van der Waals surface area contributed by atoms with Crippen LogP contribution in [0.15, 0.2) is 48.7 Å². The molecule has 1 fully saturated rings. The summed E-state index contributed by atoms with van der Waals surface area (Å²) < 4.78 is 37.7. The first-order valence-corrected chi connectivity index (χ1v) is 8.28. The van der Waals surface area contributed by atoms with Crippen LogP contribution in [0.25, 0.3) is 0 Å². The van der Waals surface area contributed by atoms with Crippen molar-refractivity contribution in [2.45, 2.75) is 6.18 Å². The molecule has 27 heavy (non-hydrogen) atoms. The first kappa shape index (κ1) is 18.7. The number of pyridine rings is 1. The lowest BCUT2D eigenvalue weighted by Gasteiger charge is -2.34. The van der Waals surface area contributed by atoms with Crippen LogP contribution >= 0.6 is 0 Å². The van der Waals surface area contributed by atoms with Crippen molar-refractivity contribution in [3.63, 3.8) is 0 Å². The second-order valence-electron chi connectivity index (χ2n) is 6.00. The Hall–Kier alpha value is -3.10. The van der Waals surface area contributed by atoms with E-state index in [1.807, 2.05) is 23.1 Å². The number of carbonyl (C=O) groups excluding carboxylic acids is 2. The summed E-state index contributed by atoms with van der Waals surface area (Å²) in [5, 5.41) is 2.34. The summed E-state index contributed by atoms with van der Waals surface area (Å²) in [5.41, 5.74) is -0.689. The molecule has 0 atom stereocenters. The Balaban J connectivity index is 1.54. The van der Waals surface area contributed by atoms with Crippen LogP contribution in [0.1, 0.15) is 5.56 Å². The minimum atomic E-state index is -4.45. The maximum atomic E-state index is 12.6. The van der Waals surface area contributed by atoms with Crippen LogP contribution in [-0.2, 0) is 15.8 Å². The van der Waals surface area contributed by atoms with Crippen molar-refractivity contribution in [2.75, 3.05) is 36.4 Å². The predicted octanol–water partition coefficient (Wildman–Crippen LogP) is 2.39. The quantitative estimate of drug-likeness (QED) is 0.815. The zero-order valence-corrected chi connectivity index (χ0v) is 14.2. The van der Waals surface area contributed by atoms with E-state index in [4.69, 9.17) is 0 Å². The minimum Gasteiger partial charge on any atom is -0.353 e. The average molecular weight is 378 g/mol. The van der Waals surface area contributed by atoms with Gasteiger partial charge < -0.3 is 15.1 Å². The summed E-state index contributed by atoms with van der Waals surface area (Å²) in [4.78, 5) is 32.0. The van der Waals surface area contributed by atoms with Gasteiger partial charge in [-0.05, 0) is 36.4 Å². The third kappa shape index (κ3) is 4.55. The number of benzene rings is 1. The number of piperazine rings is 1. The molecule has 2 amide bonds. The lowest BCUT2D eigenvalue weighted by molar-refractivity contribution is -0.143. The van der Waals surface area contributed by atoms with Crippen molar-refractivity contribution >= 4 is 23.3 Å². The highest BCUT2D eigenvalue weighted by molar-refractivity contribution is 6.39. The van der Waals surface area contributed by atoms with Crippen LogP contribution in [-0.4, -0.2) is 47.9 Å². The first-order valence-electron chi connectivity index (χ1n) is 8.28. The lowest BCUT2D eigenvalue weighted by atomic mass is 10.2. The van der Waals surface area contributed by atoms with Gasteiger partial charge in [0.25, 0.3) is 0 Å². The molecule has 0 unspecified atom stereocenters. The van der Waals surface area contributed by atoms with Gasteiger partial charge in [0.2, 0.25) is 0 Å². The fraction of sp³-hybridized carbons (Fsp3) is 0.278. The number of halogens is 3. The van der Waals surface area contributed by atoms with Gasteiger partial charge in [0.1, 0.15) is 5.82 Å². The standard InChI is InChI=1S/C18H17F3N4O2/c19-18(20,21)13-4-6-14(7-5-13)23-16(26)17(27)25-11-9-24(10-12-25)15-3-1-2-8-22-15/h1-8H,9-12H2,(H,23,26). The smallest absolute Gasteiger partial charge is 0.353 e. The molecular formula is C18H17F3N4O2. The zero-order valence-electron chi connectivity index (χ0n) is 14.2. The summed E-state index contributed by atoms with van der Waals surface area (Å²) in [7, 11) is 0. The number of hydrogen-bond acceptors (Lipinski definition) is 4. The molecule has 1 aliphatic heterocycles. The number of aromatic nitrogens is 1. The average Bonchev–Trinajstić information content (AvgIpc) is 2.68.